The molecule has 0 rings (SSSR count). The molecule has 0 unspecified atom stereocenters. The van der Waals surface area contributed by atoms with Gasteiger partial charge in [0.05, 0.1) is 0 Å². The quantitative estimate of drug-likeness (QED) is 0.256. The van der Waals surface area contributed by atoms with E-state index in [2.05, 4.69) is 49.5 Å². The van der Waals surface area contributed by atoms with E-state index in [0.29, 0.717) is 0 Å². The van der Waals surface area contributed by atoms with Crippen molar-refractivity contribution in [1.29, 1.82) is 0 Å². The Labute approximate surface area is 131 Å². The average molecular weight is 259 g/mol. The van der Waals surface area contributed by atoms with Crippen LogP contribution in [-0.2, 0) is 0 Å². The van der Waals surface area contributed by atoms with Crippen molar-refractivity contribution in [2.24, 2.45) is 0 Å². The molecule has 0 aliphatic rings. The molecule has 0 heterocycles. The number of allylic oxidation sites excluding steroid dienone is 1. The van der Waals surface area contributed by atoms with Crippen LogP contribution in [0.25, 0.3) is 0 Å². The summed E-state index contributed by atoms with van der Waals surface area (Å²) >= 11 is 2.25. The van der Waals surface area contributed by atoms with Gasteiger partial charge in [0.2, 0.25) is 0 Å². The first-order valence-corrected chi connectivity index (χ1v) is 8.62. The number of hydrogen-bond acceptors (Lipinski definition) is 1. The SMILES string of the molecule is [Li][CH2]C(C)=CCN(CCCCCC)CCCCCC. The van der Waals surface area contributed by atoms with Crippen LogP contribution < -0.4 is 0 Å². The summed E-state index contributed by atoms with van der Waals surface area (Å²) in [5, 5.41) is 1.19. The van der Waals surface area contributed by atoms with E-state index in [-0.39, 0.29) is 0 Å². The second kappa shape index (κ2) is 14.7. The van der Waals surface area contributed by atoms with E-state index in [0.717, 1.165) is 6.54 Å². The van der Waals surface area contributed by atoms with Crippen LogP contribution in [0.4, 0.5) is 0 Å². The van der Waals surface area contributed by atoms with Crippen molar-refractivity contribution in [1.82, 2.24) is 4.90 Å². The molecule has 0 aromatic carbocycles. The zero-order valence-corrected chi connectivity index (χ0v) is 14.0. The summed E-state index contributed by atoms with van der Waals surface area (Å²) in [4.78, 5) is 2.66. The van der Waals surface area contributed by atoms with Gasteiger partial charge in [-0.2, -0.15) is 0 Å². The molecule has 2 heteroatoms. The van der Waals surface area contributed by atoms with Crippen LogP contribution in [0.3, 0.4) is 0 Å². The Bertz CT molecular complexity index is 201. The van der Waals surface area contributed by atoms with Gasteiger partial charge < -0.3 is 0 Å². The van der Waals surface area contributed by atoms with E-state index in [9.17, 15) is 0 Å². The summed E-state index contributed by atoms with van der Waals surface area (Å²) in [6.45, 7) is 10.6. The zero-order valence-electron chi connectivity index (χ0n) is 14.0. The molecule has 0 amide bonds. The topological polar surface area (TPSA) is 3.24 Å². The molecule has 0 saturated carbocycles. The zero-order chi connectivity index (χ0) is 14.3. The van der Waals surface area contributed by atoms with Gasteiger partial charge in [0.25, 0.3) is 0 Å². The number of rotatable bonds is 13. The third-order valence-corrected chi connectivity index (χ3v) is 3.91. The van der Waals surface area contributed by atoms with Crippen LogP contribution >= 0.6 is 0 Å². The van der Waals surface area contributed by atoms with Crippen LogP contribution in [-0.4, -0.2) is 42.2 Å². The monoisotopic (exact) mass is 259 g/mol. The van der Waals surface area contributed by atoms with E-state index in [1.807, 2.05) is 0 Å². The van der Waals surface area contributed by atoms with Gasteiger partial charge in [-0.1, -0.05) is 0 Å². The molecule has 0 fully saturated rings. The maximum absolute atomic E-state index is 2.66. The van der Waals surface area contributed by atoms with E-state index < -0.39 is 0 Å². The molecular weight excluding hydrogens is 225 g/mol. The molecule has 0 bridgehead atoms. The fourth-order valence-corrected chi connectivity index (χ4v) is 2.25. The van der Waals surface area contributed by atoms with Crippen molar-refractivity contribution in [2.45, 2.75) is 77.2 Å². The molecule has 0 aliphatic carbocycles. The summed E-state index contributed by atoms with van der Waals surface area (Å²) in [5.74, 6) is 0. The molecule has 0 aliphatic heterocycles. The van der Waals surface area contributed by atoms with Gasteiger partial charge >= 0.3 is 131 Å². The minimum absolute atomic E-state index is 1.16. The van der Waals surface area contributed by atoms with Crippen molar-refractivity contribution in [3.63, 3.8) is 0 Å². The van der Waals surface area contributed by atoms with Crippen LogP contribution in [0.15, 0.2) is 11.6 Å². The van der Waals surface area contributed by atoms with Gasteiger partial charge in [-0.15, -0.1) is 0 Å². The molecule has 0 saturated heterocycles. The third-order valence-electron chi connectivity index (χ3n) is 3.91. The van der Waals surface area contributed by atoms with E-state index in [1.165, 1.54) is 75.1 Å². The fourth-order valence-electron chi connectivity index (χ4n) is 2.25. The second-order valence-corrected chi connectivity index (χ2v) is 5.83. The van der Waals surface area contributed by atoms with Crippen LogP contribution in [0, 0.1) is 0 Å². The predicted octanol–water partition coefficient (Wildman–Crippen LogP) is 4.98. The first-order valence-electron chi connectivity index (χ1n) is 8.62. The summed E-state index contributed by atoms with van der Waals surface area (Å²) < 4.78 is 0. The van der Waals surface area contributed by atoms with Gasteiger partial charge in [0.1, 0.15) is 0 Å². The minimum atomic E-state index is 1.16. The van der Waals surface area contributed by atoms with Gasteiger partial charge in [0, 0.05) is 0 Å². The van der Waals surface area contributed by atoms with Crippen molar-refractivity contribution >= 4 is 17.7 Å². The van der Waals surface area contributed by atoms with Gasteiger partial charge in [-0.05, 0) is 0 Å². The number of hydrogen-bond donors (Lipinski definition) is 0. The first kappa shape index (κ1) is 19.3. The molecule has 1 nitrogen and oxygen atoms in total. The van der Waals surface area contributed by atoms with Crippen LogP contribution in [0.2, 0.25) is 5.09 Å². The summed E-state index contributed by atoms with van der Waals surface area (Å²) in [6.07, 6.45) is 13.5. The Balaban J connectivity index is 3.92. The van der Waals surface area contributed by atoms with Crippen LogP contribution in [0.1, 0.15) is 72.1 Å². The summed E-state index contributed by atoms with van der Waals surface area (Å²) in [7, 11) is 0. The standard InChI is InChI=1S/C17H34N.Li/c1-5-7-9-11-14-18(16-13-17(3)4)15-12-10-8-6-2;/h13H,3,5-12,14-16H2,1-2,4H3;. The number of nitrogens with zero attached hydrogens (tertiary/aromatic N) is 1. The van der Waals surface area contributed by atoms with E-state index in [4.69, 9.17) is 0 Å². The summed E-state index contributed by atoms with van der Waals surface area (Å²) in [6, 6.07) is 0. The third kappa shape index (κ3) is 13.1. The maximum atomic E-state index is 2.66. The molecule has 0 spiro atoms. The molecular formula is C17H34LiN. The van der Waals surface area contributed by atoms with E-state index >= 15 is 0 Å². The Morgan fingerprint density at radius 3 is 1.84 bits per heavy atom. The summed E-state index contributed by atoms with van der Waals surface area (Å²) in [5.41, 5.74) is 1.53. The molecule has 0 atom stereocenters. The molecule has 108 valence electrons. The van der Waals surface area contributed by atoms with Crippen molar-refractivity contribution in [3.05, 3.63) is 11.6 Å². The van der Waals surface area contributed by atoms with Gasteiger partial charge in [0.15, 0.2) is 0 Å². The van der Waals surface area contributed by atoms with Crippen molar-refractivity contribution in [3.8, 4) is 0 Å². The average Bonchev–Trinajstić information content (AvgIpc) is 2.44. The van der Waals surface area contributed by atoms with Crippen molar-refractivity contribution < 1.29 is 0 Å². The van der Waals surface area contributed by atoms with Gasteiger partial charge in [-0.25, -0.2) is 0 Å². The second-order valence-electron chi connectivity index (χ2n) is 5.83. The molecule has 0 N–H and O–H groups in total. The van der Waals surface area contributed by atoms with E-state index in [1.54, 1.807) is 0 Å². The van der Waals surface area contributed by atoms with Crippen molar-refractivity contribution in [2.75, 3.05) is 19.6 Å². The molecule has 0 aromatic heterocycles. The Kier molecular flexibility index (Phi) is 14.9. The normalized spacial score (nSPS) is 12.4. The molecule has 0 radical (unpaired) electrons. The predicted molar refractivity (Wildman–Crippen MR) is 89.0 cm³/mol. The Morgan fingerprint density at radius 1 is 0.895 bits per heavy atom. The van der Waals surface area contributed by atoms with Gasteiger partial charge in [-0.3, -0.25) is 0 Å². The first-order chi connectivity index (χ1) is 9.24. The molecule has 0 aromatic rings. The Hall–Kier alpha value is 0.297. The fraction of sp³-hybridized carbons (Fsp3) is 0.882. The Morgan fingerprint density at radius 2 is 1.42 bits per heavy atom. The number of unbranched alkanes of at least 4 members (excludes halogenated alkanes) is 6. The molecule has 19 heavy (non-hydrogen) atoms. The van der Waals surface area contributed by atoms with Crippen LogP contribution in [0.5, 0.6) is 0 Å².